The van der Waals surface area contributed by atoms with Crippen LogP contribution >= 0.6 is 0 Å². The Labute approximate surface area is 128 Å². The van der Waals surface area contributed by atoms with Crippen LogP contribution in [-0.4, -0.2) is 55.3 Å². The van der Waals surface area contributed by atoms with E-state index in [1.54, 1.807) is 13.0 Å². The van der Waals surface area contributed by atoms with Gasteiger partial charge in [0.15, 0.2) is 4.90 Å². The first-order valence-corrected chi connectivity index (χ1v) is 8.15. The van der Waals surface area contributed by atoms with Gasteiger partial charge in [0, 0.05) is 32.2 Å². The SMILES string of the molecule is Cc1ccc(S(=O)(=O)N2CCN(CC#N)CC2)c([N+](=O)[O-])c1. The van der Waals surface area contributed by atoms with Gasteiger partial charge in [0.1, 0.15) is 0 Å². The molecule has 1 heterocycles. The fourth-order valence-electron chi connectivity index (χ4n) is 2.36. The second-order valence-electron chi connectivity index (χ2n) is 5.07. The maximum Gasteiger partial charge on any atom is 0.289 e. The average molecular weight is 324 g/mol. The van der Waals surface area contributed by atoms with Gasteiger partial charge in [-0.25, -0.2) is 8.42 Å². The Kier molecular flexibility index (Phi) is 4.75. The van der Waals surface area contributed by atoms with E-state index in [4.69, 9.17) is 5.26 Å². The molecule has 9 heteroatoms. The van der Waals surface area contributed by atoms with Crippen LogP contribution in [0.25, 0.3) is 0 Å². The molecule has 0 aliphatic carbocycles. The molecule has 1 fully saturated rings. The number of nitro groups is 1. The zero-order valence-corrected chi connectivity index (χ0v) is 12.9. The number of hydrogen-bond donors (Lipinski definition) is 0. The highest BCUT2D eigenvalue weighted by atomic mass is 32.2. The Hall–Kier alpha value is -2.02. The van der Waals surface area contributed by atoms with Gasteiger partial charge in [0.25, 0.3) is 5.69 Å². The topological polar surface area (TPSA) is 108 Å². The number of sulfonamides is 1. The van der Waals surface area contributed by atoms with Crippen molar-refractivity contribution in [3.8, 4) is 6.07 Å². The summed E-state index contributed by atoms with van der Waals surface area (Å²) in [6.07, 6.45) is 0. The summed E-state index contributed by atoms with van der Waals surface area (Å²) >= 11 is 0. The van der Waals surface area contributed by atoms with E-state index in [0.29, 0.717) is 18.7 Å². The molecule has 1 aliphatic heterocycles. The van der Waals surface area contributed by atoms with Gasteiger partial charge in [-0.05, 0) is 18.6 Å². The average Bonchev–Trinajstić information content (AvgIpc) is 2.47. The zero-order chi connectivity index (χ0) is 16.3. The van der Waals surface area contributed by atoms with Crippen LogP contribution in [-0.2, 0) is 10.0 Å². The van der Waals surface area contributed by atoms with E-state index in [0.717, 1.165) is 0 Å². The summed E-state index contributed by atoms with van der Waals surface area (Å²) in [5, 5.41) is 19.8. The van der Waals surface area contributed by atoms with Crippen molar-refractivity contribution < 1.29 is 13.3 Å². The van der Waals surface area contributed by atoms with Crippen molar-refractivity contribution >= 4 is 15.7 Å². The molecule has 1 saturated heterocycles. The van der Waals surface area contributed by atoms with Crippen molar-refractivity contribution in [2.45, 2.75) is 11.8 Å². The molecular formula is C13H16N4O4S. The van der Waals surface area contributed by atoms with Crippen LogP contribution in [0.15, 0.2) is 23.1 Å². The second kappa shape index (κ2) is 6.39. The van der Waals surface area contributed by atoms with E-state index >= 15 is 0 Å². The van der Waals surface area contributed by atoms with Crippen molar-refractivity contribution in [1.82, 2.24) is 9.21 Å². The number of hydrogen-bond acceptors (Lipinski definition) is 6. The summed E-state index contributed by atoms with van der Waals surface area (Å²) in [6, 6.07) is 6.11. The lowest BCUT2D eigenvalue weighted by atomic mass is 10.2. The fraction of sp³-hybridized carbons (Fsp3) is 0.462. The molecule has 118 valence electrons. The molecule has 0 amide bonds. The van der Waals surface area contributed by atoms with Crippen LogP contribution in [0.5, 0.6) is 0 Å². The minimum atomic E-state index is -3.91. The summed E-state index contributed by atoms with van der Waals surface area (Å²) in [5.74, 6) is 0. The lowest BCUT2D eigenvalue weighted by Gasteiger charge is -2.32. The minimum Gasteiger partial charge on any atom is -0.288 e. The van der Waals surface area contributed by atoms with Crippen molar-refractivity contribution in [2.24, 2.45) is 0 Å². The molecule has 22 heavy (non-hydrogen) atoms. The number of aryl methyl sites for hydroxylation is 1. The third-order valence-corrected chi connectivity index (χ3v) is 5.50. The predicted octanol–water partition coefficient (Wildman–Crippen LogP) is 0.733. The van der Waals surface area contributed by atoms with Gasteiger partial charge in [0.2, 0.25) is 10.0 Å². The van der Waals surface area contributed by atoms with Gasteiger partial charge < -0.3 is 0 Å². The number of piperazine rings is 1. The molecule has 1 aromatic carbocycles. The summed E-state index contributed by atoms with van der Waals surface area (Å²) in [4.78, 5) is 12.0. The van der Waals surface area contributed by atoms with E-state index in [-0.39, 0.29) is 24.5 Å². The molecule has 1 aromatic rings. The van der Waals surface area contributed by atoms with Crippen molar-refractivity contribution in [2.75, 3.05) is 32.7 Å². The van der Waals surface area contributed by atoms with E-state index in [9.17, 15) is 18.5 Å². The second-order valence-corrected chi connectivity index (χ2v) is 6.97. The summed E-state index contributed by atoms with van der Waals surface area (Å²) in [5.41, 5.74) is 0.226. The van der Waals surface area contributed by atoms with Crippen LogP contribution < -0.4 is 0 Å². The van der Waals surface area contributed by atoms with Crippen LogP contribution in [0.2, 0.25) is 0 Å². The molecule has 0 saturated carbocycles. The molecule has 0 radical (unpaired) electrons. The van der Waals surface area contributed by atoms with Crippen molar-refractivity contribution in [1.29, 1.82) is 5.26 Å². The molecule has 0 N–H and O–H groups in total. The highest BCUT2D eigenvalue weighted by Crippen LogP contribution is 2.28. The van der Waals surface area contributed by atoms with Crippen molar-refractivity contribution in [3.63, 3.8) is 0 Å². The Bertz CT molecular complexity index is 718. The normalized spacial score (nSPS) is 17.1. The highest BCUT2D eigenvalue weighted by molar-refractivity contribution is 7.89. The number of benzene rings is 1. The summed E-state index contributed by atoms with van der Waals surface area (Å²) in [6.45, 7) is 3.23. The Morgan fingerprint density at radius 1 is 1.32 bits per heavy atom. The predicted molar refractivity (Wildman–Crippen MR) is 78.6 cm³/mol. The fourth-order valence-corrected chi connectivity index (χ4v) is 3.92. The molecule has 8 nitrogen and oxygen atoms in total. The third-order valence-electron chi connectivity index (χ3n) is 3.55. The zero-order valence-electron chi connectivity index (χ0n) is 12.1. The Morgan fingerprint density at radius 2 is 1.95 bits per heavy atom. The maximum atomic E-state index is 12.6. The monoisotopic (exact) mass is 324 g/mol. The number of nitro benzene ring substituents is 1. The van der Waals surface area contributed by atoms with Gasteiger partial charge in [0.05, 0.1) is 17.5 Å². The molecule has 0 bridgehead atoms. The van der Waals surface area contributed by atoms with Gasteiger partial charge in [-0.1, -0.05) is 6.07 Å². The number of nitriles is 1. The smallest absolute Gasteiger partial charge is 0.288 e. The Morgan fingerprint density at radius 3 is 2.50 bits per heavy atom. The van der Waals surface area contributed by atoms with Gasteiger partial charge in [-0.15, -0.1) is 0 Å². The van der Waals surface area contributed by atoms with Gasteiger partial charge >= 0.3 is 0 Å². The molecule has 1 aliphatic rings. The summed E-state index contributed by atoms with van der Waals surface area (Å²) < 4.78 is 26.5. The van der Waals surface area contributed by atoms with E-state index in [1.165, 1.54) is 16.4 Å². The standard InChI is InChI=1S/C13H16N4O4S/c1-11-2-3-13(12(10-11)17(18)19)22(20,21)16-8-6-15(5-4-14)7-9-16/h2-3,10H,5-9H2,1H3. The van der Waals surface area contributed by atoms with Crippen LogP contribution in [0.4, 0.5) is 5.69 Å². The van der Waals surface area contributed by atoms with E-state index < -0.39 is 20.6 Å². The molecule has 0 aromatic heterocycles. The lowest BCUT2D eigenvalue weighted by Crippen LogP contribution is -2.48. The first-order valence-electron chi connectivity index (χ1n) is 6.71. The van der Waals surface area contributed by atoms with Crippen LogP contribution in [0.1, 0.15) is 5.56 Å². The lowest BCUT2D eigenvalue weighted by molar-refractivity contribution is -0.387. The van der Waals surface area contributed by atoms with Gasteiger partial charge in [-0.3, -0.25) is 15.0 Å². The largest absolute Gasteiger partial charge is 0.289 e. The number of nitrogens with zero attached hydrogens (tertiary/aromatic N) is 4. The Balaban J connectivity index is 2.29. The first-order chi connectivity index (χ1) is 10.4. The maximum absolute atomic E-state index is 12.6. The molecule has 0 atom stereocenters. The molecular weight excluding hydrogens is 308 g/mol. The van der Waals surface area contributed by atoms with Crippen molar-refractivity contribution in [3.05, 3.63) is 33.9 Å². The summed E-state index contributed by atoms with van der Waals surface area (Å²) in [7, 11) is -3.91. The first kappa shape index (κ1) is 16.4. The third kappa shape index (κ3) is 3.24. The van der Waals surface area contributed by atoms with Crippen LogP contribution in [0.3, 0.4) is 0 Å². The minimum absolute atomic E-state index is 0.217. The van der Waals surface area contributed by atoms with E-state index in [2.05, 4.69) is 0 Å². The van der Waals surface area contributed by atoms with Gasteiger partial charge in [-0.2, -0.15) is 9.57 Å². The van der Waals surface area contributed by atoms with Crippen LogP contribution in [0, 0.1) is 28.4 Å². The van der Waals surface area contributed by atoms with E-state index in [1.807, 2.05) is 11.0 Å². The quantitative estimate of drug-likeness (QED) is 0.459. The highest BCUT2D eigenvalue weighted by Gasteiger charge is 2.33. The molecule has 0 unspecified atom stereocenters. The molecule has 0 spiro atoms. The molecule has 2 rings (SSSR count). The number of rotatable bonds is 4.